The first-order valence-corrected chi connectivity index (χ1v) is 24.0. The molecule has 0 N–H and O–H groups in total. The van der Waals surface area contributed by atoms with Crippen molar-refractivity contribution in [2.24, 2.45) is 4.99 Å². The molecule has 5 heteroatoms. The van der Waals surface area contributed by atoms with Crippen molar-refractivity contribution in [2.45, 2.75) is 49.4 Å². The first kappa shape index (κ1) is 34.8. The van der Waals surface area contributed by atoms with Crippen LogP contribution in [0.3, 0.4) is 0 Å². The van der Waals surface area contributed by atoms with Gasteiger partial charge in [0.1, 0.15) is 5.58 Å². The van der Waals surface area contributed by atoms with Crippen LogP contribution in [0.1, 0.15) is 48.9 Å². The standard InChI is InChI=1S/C30H24NO.C14H16GeN.Ir/c1-30(2,3)24-16-7-4-12-21(24)27-22-13-5-8-17-25(22)31-28(27)23-15-10-14-20-19-11-6-9-18-26(19)32-29(20)23;1-15(2,3)13-9-10-14(16-11-13)12-7-5-4-6-8-12;/h4-14,16-18,27H,1-3H3;4-7,9-11H,1-3H3;/q2*-1;. The van der Waals surface area contributed by atoms with Crippen LogP contribution in [0.2, 0.25) is 17.3 Å². The summed E-state index contributed by atoms with van der Waals surface area (Å²) in [5.41, 5.74) is 10.7. The van der Waals surface area contributed by atoms with Crippen molar-refractivity contribution in [3.05, 3.63) is 162 Å². The van der Waals surface area contributed by atoms with Gasteiger partial charge in [-0.15, -0.1) is 18.2 Å². The van der Waals surface area contributed by atoms with E-state index in [1.165, 1.54) is 21.1 Å². The molecule has 3 heterocycles. The maximum absolute atomic E-state index is 6.36. The quantitative estimate of drug-likeness (QED) is 0.131. The van der Waals surface area contributed by atoms with E-state index in [2.05, 4.69) is 134 Å². The average molecular weight is 878 g/mol. The van der Waals surface area contributed by atoms with Crippen molar-refractivity contribution >= 4 is 51.0 Å². The van der Waals surface area contributed by atoms with Gasteiger partial charge in [0.05, 0.1) is 11.3 Å². The maximum Gasteiger partial charge on any atom is 0 e. The summed E-state index contributed by atoms with van der Waals surface area (Å²) >= 11 is -1.72. The topological polar surface area (TPSA) is 38.4 Å². The van der Waals surface area contributed by atoms with Crippen molar-refractivity contribution in [2.75, 3.05) is 0 Å². The molecule has 0 bridgehead atoms. The van der Waals surface area contributed by atoms with E-state index in [9.17, 15) is 0 Å². The van der Waals surface area contributed by atoms with E-state index >= 15 is 0 Å². The summed E-state index contributed by atoms with van der Waals surface area (Å²) in [6, 6.07) is 48.5. The molecular weight excluding hydrogens is 837 g/mol. The van der Waals surface area contributed by atoms with Gasteiger partial charge in [-0.05, 0) is 39.9 Å². The zero-order chi connectivity index (χ0) is 33.5. The Hall–Kier alpha value is -4.09. The summed E-state index contributed by atoms with van der Waals surface area (Å²) in [7, 11) is 0. The Labute approximate surface area is 306 Å². The summed E-state index contributed by atoms with van der Waals surface area (Å²) in [5, 5.41) is 2.23. The molecule has 0 amide bonds. The van der Waals surface area contributed by atoms with Gasteiger partial charge < -0.3 is 4.42 Å². The second-order valence-corrected chi connectivity index (χ2v) is 25.1. The molecule has 0 aliphatic carbocycles. The van der Waals surface area contributed by atoms with Gasteiger partial charge in [-0.2, -0.15) is 0 Å². The van der Waals surface area contributed by atoms with E-state index in [4.69, 9.17) is 9.41 Å². The molecule has 0 fully saturated rings. The molecule has 8 rings (SSSR count). The zero-order valence-electron chi connectivity index (χ0n) is 28.8. The van der Waals surface area contributed by atoms with E-state index in [1.807, 2.05) is 48.7 Å². The molecule has 3 nitrogen and oxygen atoms in total. The number of aromatic nitrogens is 1. The van der Waals surface area contributed by atoms with Crippen LogP contribution < -0.4 is 4.40 Å². The Bertz CT molecular complexity index is 2260. The van der Waals surface area contributed by atoms with Crippen LogP contribution in [-0.4, -0.2) is 24.0 Å². The number of benzene rings is 5. The Morgan fingerprint density at radius 2 is 1.41 bits per heavy atom. The molecule has 0 saturated carbocycles. The molecule has 1 radical (unpaired) electrons. The van der Waals surface area contributed by atoms with Gasteiger partial charge in [0.2, 0.25) is 0 Å². The molecule has 247 valence electrons. The van der Waals surface area contributed by atoms with Gasteiger partial charge in [0.15, 0.2) is 0 Å². The van der Waals surface area contributed by atoms with Crippen LogP contribution >= 0.6 is 0 Å². The SMILES string of the molecule is CC(C)(C)c1ccccc1C1C(c2[c-]ccc3c2oc2ccccc23)=Nc2ccccc21.[CH3][Ge]([CH3])([CH3])[c]1ccc(-c2[c-]cccc2)nc1.[Ir]. The molecule has 1 aliphatic heterocycles. The van der Waals surface area contributed by atoms with Crippen molar-refractivity contribution in [1.82, 2.24) is 4.98 Å². The van der Waals surface area contributed by atoms with E-state index in [0.717, 1.165) is 50.2 Å². The summed E-state index contributed by atoms with van der Waals surface area (Å²) < 4.78 is 7.81. The van der Waals surface area contributed by atoms with Gasteiger partial charge in [-0.3, -0.25) is 4.99 Å². The first-order chi connectivity index (χ1) is 23.1. The van der Waals surface area contributed by atoms with Crippen LogP contribution in [-0.2, 0) is 25.5 Å². The predicted molar refractivity (Wildman–Crippen MR) is 204 cm³/mol. The van der Waals surface area contributed by atoms with Crippen LogP contribution in [0.5, 0.6) is 0 Å². The Balaban J connectivity index is 0.000000208. The number of nitrogens with zero attached hydrogens (tertiary/aromatic N) is 2. The fraction of sp³-hybridized carbons (Fsp3) is 0.182. The zero-order valence-corrected chi connectivity index (χ0v) is 33.3. The molecule has 0 spiro atoms. The number of para-hydroxylation sites is 2. The number of aliphatic imine (C=N–C) groups is 1. The van der Waals surface area contributed by atoms with Crippen LogP contribution in [0, 0.1) is 12.1 Å². The van der Waals surface area contributed by atoms with E-state index < -0.39 is 13.3 Å². The van der Waals surface area contributed by atoms with E-state index in [-0.39, 0.29) is 31.4 Å². The number of pyridine rings is 1. The monoisotopic (exact) mass is 879 g/mol. The van der Waals surface area contributed by atoms with Gasteiger partial charge in [0.25, 0.3) is 0 Å². The van der Waals surface area contributed by atoms with Gasteiger partial charge in [-0.25, -0.2) is 0 Å². The normalized spacial score (nSPS) is 14.1. The minimum atomic E-state index is -1.72. The minimum absolute atomic E-state index is 0. The second-order valence-electron chi connectivity index (χ2n) is 14.5. The second kappa shape index (κ2) is 14.0. The Morgan fingerprint density at radius 3 is 2.12 bits per heavy atom. The summed E-state index contributed by atoms with van der Waals surface area (Å²) in [6.45, 7) is 6.82. The maximum atomic E-state index is 6.36. The fourth-order valence-corrected chi connectivity index (χ4v) is 8.72. The number of hydrogen-bond donors (Lipinski definition) is 0. The molecular formula is C44H40GeIrN2O-2. The summed E-state index contributed by atoms with van der Waals surface area (Å²) in [5.74, 6) is 7.18. The summed E-state index contributed by atoms with van der Waals surface area (Å²) in [6.07, 6.45) is 2.04. The molecule has 1 atom stereocenters. The van der Waals surface area contributed by atoms with Crippen molar-refractivity contribution < 1.29 is 24.5 Å². The van der Waals surface area contributed by atoms with Crippen LogP contribution in [0.15, 0.2) is 137 Å². The van der Waals surface area contributed by atoms with Gasteiger partial charge in [0, 0.05) is 31.4 Å². The molecule has 2 aromatic heterocycles. The van der Waals surface area contributed by atoms with Crippen molar-refractivity contribution in [3.8, 4) is 11.3 Å². The first-order valence-electron chi connectivity index (χ1n) is 16.6. The van der Waals surface area contributed by atoms with E-state index in [1.54, 1.807) is 0 Å². The molecule has 1 unspecified atom stereocenters. The van der Waals surface area contributed by atoms with Gasteiger partial charge in [-0.1, -0.05) is 92.4 Å². The number of fused-ring (bicyclic) bond motifs is 4. The van der Waals surface area contributed by atoms with Crippen molar-refractivity contribution in [1.29, 1.82) is 0 Å². The third kappa shape index (κ3) is 7.01. The molecule has 1 aliphatic rings. The molecule has 0 saturated heterocycles. The number of furan rings is 1. The van der Waals surface area contributed by atoms with Crippen LogP contribution in [0.25, 0.3) is 33.2 Å². The predicted octanol–water partition coefficient (Wildman–Crippen LogP) is 11.0. The molecule has 49 heavy (non-hydrogen) atoms. The van der Waals surface area contributed by atoms with Crippen LogP contribution in [0.4, 0.5) is 5.69 Å². The third-order valence-corrected chi connectivity index (χ3v) is 13.3. The smallest absolute Gasteiger partial charge is 0 e. The average Bonchev–Trinajstić information content (AvgIpc) is 3.67. The van der Waals surface area contributed by atoms with Crippen molar-refractivity contribution in [3.63, 3.8) is 0 Å². The molecule has 5 aromatic carbocycles. The number of rotatable bonds is 4. The van der Waals surface area contributed by atoms with E-state index in [0.29, 0.717) is 0 Å². The minimum Gasteiger partial charge on any atom is 0 e. The Kier molecular flexibility index (Phi) is 9.96. The Morgan fingerprint density at radius 1 is 0.694 bits per heavy atom. The largest absolute Gasteiger partial charge is 0 e. The van der Waals surface area contributed by atoms with Gasteiger partial charge >= 0.3 is 99.8 Å². The fourth-order valence-electron chi connectivity index (χ4n) is 6.55. The molecule has 7 aromatic rings. The number of hydrogen-bond acceptors (Lipinski definition) is 3. The third-order valence-electron chi connectivity index (χ3n) is 9.05. The summed E-state index contributed by atoms with van der Waals surface area (Å²) in [4.78, 5) is 9.68.